The monoisotopic (exact) mass is 654 g/mol. The van der Waals surface area contributed by atoms with E-state index in [0.717, 1.165) is 11.1 Å². The zero-order valence-corrected chi connectivity index (χ0v) is 26.3. The third kappa shape index (κ3) is 5.96. The molecule has 48 heavy (non-hydrogen) atoms. The second-order valence-electron chi connectivity index (χ2n) is 11.2. The van der Waals surface area contributed by atoms with Gasteiger partial charge in [0, 0.05) is 11.1 Å². The third-order valence-electron chi connectivity index (χ3n) is 7.94. The maximum absolute atomic E-state index is 13.8. The van der Waals surface area contributed by atoms with Crippen LogP contribution in [0.25, 0.3) is 34.1 Å². The number of amides is 2. The number of aromatic hydroxyl groups is 1. The molecular weight excluding hydrogens is 628 g/mol. The Morgan fingerprint density at radius 3 is 2.27 bits per heavy atom. The number of para-hydroxylation sites is 1. The lowest BCUT2D eigenvalue weighted by Crippen LogP contribution is -2.44. The first kappa shape index (κ1) is 30.6. The van der Waals surface area contributed by atoms with Gasteiger partial charge in [-0.05, 0) is 84.8 Å². The zero-order valence-electron chi connectivity index (χ0n) is 25.5. The number of benzene rings is 5. The molecule has 0 bridgehead atoms. The van der Waals surface area contributed by atoms with Crippen molar-refractivity contribution >= 4 is 40.6 Å². The van der Waals surface area contributed by atoms with E-state index in [0.29, 0.717) is 38.4 Å². The predicted molar refractivity (Wildman–Crippen MR) is 185 cm³/mol. The van der Waals surface area contributed by atoms with Gasteiger partial charge in [0.2, 0.25) is 0 Å². The van der Waals surface area contributed by atoms with E-state index in [9.17, 15) is 23.9 Å². The lowest BCUT2D eigenvalue weighted by molar-refractivity contribution is -0.128. The minimum absolute atomic E-state index is 0.0970. The Morgan fingerprint density at radius 2 is 1.56 bits per heavy atom. The molecule has 1 unspecified atom stereocenters. The lowest BCUT2D eigenvalue weighted by atomic mass is 10.1. The van der Waals surface area contributed by atoms with Crippen molar-refractivity contribution in [3.63, 3.8) is 0 Å². The summed E-state index contributed by atoms with van der Waals surface area (Å²) in [6, 6.07) is 33.5. The molecule has 5 aromatic carbocycles. The first-order chi connectivity index (χ1) is 23.2. The van der Waals surface area contributed by atoms with Crippen LogP contribution in [-0.2, 0) is 4.79 Å². The van der Waals surface area contributed by atoms with Crippen LogP contribution in [0.15, 0.2) is 131 Å². The van der Waals surface area contributed by atoms with E-state index in [4.69, 9.17) is 4.98 Å². The van der Waals surface area contributed by atoms with Crippen molar-refractivity contribution in [2.75, 3.05) is 0 Å². The Hall–Kier alpha value is -6.00. The van der Waals surface area contributed by atoms with E-state index < -0.39 is 23.0 Å². The van der Waals surface area contributed by atoms with Gasteiger partial charge in [-0.25, -0.2) is 14.4 Å². The highest BCUT2D eigenvalue weighted by molar-refractivity contribution is 8.04. The second kappa shape index (κ2) is 12.7. The van der Waals surface area contributed by atoms with Crippen molar-refractivity contribution in [3.05, 3.63) is 165 Å². The molecule has 1 aliphatic heterocycles. The van der Waals surface area contributed by atoms with Crippen LogP contribution in [0.2, 0.25) is 0 Å². The highest BCUT2D eigenvalue weighted by Crippen LogP contribution is 2.45. The molecule has 1 aromatic heterocycles. The fourth-order valence-electron chi connectivity index (χ4n) is 5.42. The minimum Gasteiger partial charge on any atom is -0.508 e. The first-order valence-electron chi connectivity index (χ1n) is 15.0. The molecule has 0 aliphatic carbocycles. The Bertz CT molecular complexity index is 2270. The molecule has 10 heteroatoms. The first-order valence-corrected chi connectivity index (χ1v) is 15.9. The molecule has 1 aliphatic rings. The molecule has 1 atom stereocenters. The van der Waals surface area contributed by atoms with Crippen LogP contribution < -0.4 is 11.0 Å². The maximum atomic E-state index is 13.8. The number of carbonyl (C=O) groups is 2. The highest BCUT2D eigenvalue weighted by Gasteiger charge is 2.38. The quantitative estimate of drug-likeness (QED) is 0.185. The fourth-order valence-corrected chi connectivity index (χ4v) is 6.62. The summed E-state index contributed by atoms with van der Waals surface area (Å²) in [5, 5.41) is 10.7. The molecule has 2 N–H and O–H groups in total. The molecule has 7 rings (SSSR count). The van der Waals surface area contributed by atoms with Gasteiger partial charge in [0.1, 0.15) is 22.8 Å². The van der Waals surface area contributed by atoms with Crippen LogP contribution in [-0.4, -0.2) is 31.5 Å². The van der Waals surface area contributed by atoms with Gasteiger partial charge in [-0.2, -0.15) is 0 Å². The largest absolute Gasteiger partial charge is 0.508 e. The number of hydrogen-bond acceptors (Lipinski definition) is 6. The Labute approximate surface area is 278 Å². The van der Waals surface area contributed by atoms with E-state index >= 15 is 0 Å². The van der Waals surface area contributed by atoms with E-state index in [1.165, 1.54) is 45.6 Å². The number of phenols is 1. The van der Waals surface area contributed by atoms with Crippen molar-refractivity contribution in [3.8, 4) is 22.8 Å². The number of hydrazine groups is 1. The number of nitrogens with one attached hydrogen (secondary N) is 1. The molecule has 2 amide bonds. The van der Waals surface area contributed by atoms with Crippen molar-refractivity contribution in [2.24, 2.45) is 0 Å². The summed E-state index contributed by atoms with van der Waals surface area (Å²) in [6.45, 7) is 1.98. The lowest BCUT2D eigenvalue weighted by Gasteiger charge is -2.24. The maximum Gasteiger partial charge on any atom is 0.280 e. The number of aromatic nitrogens is 2. The molecule has 0 radical (unpaired) electrons. The standard InChI is InChI=1S/C38H27FN4O4S/c1-23-6-10-25(11-7-23)34-40-32-5-3-2-4-31(32)36(46)42(34)29-18-14-26(15-19-29)35(45)41-43-37(47)33(22-24-8-20-30(44)21-9-24)48-38(43)27-12-16-28(39)17-13-27/h2-22,38,44H,1H3,(H,41,45)/b33-22-. The van der Waals surface area contributed by atoms with Gasteiger partial charge in [-0.1, -0.05) is 78.0 Å². The number of phenolic OH excluding ortho intramolecular Hbond substituents is 1. The van der Waals surface area contributed by atoms with Crippen LogP contribution >= 0.6 is 11.8 Å². The predicted octanol–water partition coefficient (Wildman–Crippen LogP) is 7.17. The molecule has 8 nitrogen and oxygen atoms in total. The molecule has 0 saturated carbocycles. The van der Waals surface area contributed by atoms with Gasteiger partial charge in [-0.15, -0.1) is 0 Å². The number of rotatable bonds is 6. The molecule has 236 valence electrons. The average molecular weight is 655 g/mol. The van der Waals surface area contributed by atoms with Crippen molar-refractivity contribution in [1.29, 1.82) is 0 Å². The van der Waals surface area contributed by atoms with Gasteiger partial charge in [0.25, 0.3) is 17.4 Å². The summed E-state index contributed by atoms with van der Waals surface area (Å²) in [4.78, 5) is 46.2. The van der Waals surface area contributed by atoms with Gasteiger partial charge in [0.15, 0.2) is 0 Å². The summed E-state index contributed by atoms with van der Waals surface area (Å²) in [5.74, 6) is -0.847. The highest BCUT2D eigenvalue weighted by atomic mass is 32.2. The van der Waals surface area contributed by atoms with E-state index in [-0.39, 0.29) is 16.9 Å². The normalized spacial score (nSPS) is 15.3. The van der Waals surface area contributed by atoms with Gasteiger partial charge >= 0.3 is 0 Å². The SMILES string of the molecule is Cc1ccc(-c2nc3ccccc3c(=O)n2-c2ccc(C(=O)NN3C(=O)/C(=C/c4ccc(O)cc4)SC3c3ccc(F)cc3)cc2)cc1. The van der Waals surface area contributed by atoms with Crippen LogP contribution in [0.1, 0.15) is 32.4 Å². The summed E-state index contributed by atoms with van der Waals surface area (Å²) >= 11 is 1.22. The van der Waals surface area contributed by atoms with Crippen molar-refractivity contribution < 1.29 is 19.1 Å². The Kier molecular flexibility index (Phi) is 8.08. The number of thioether (sulfide) groups is 1. The van der Waals surface area contributed by atoms with Crippen LogP contribution in [0.4, 0.5) is 4.39 Å². The van der Waals surface area contributed by atoms with Gasteiger partial charge < -0.3 is 5.11 Å². The van der Waals surface area contributed by atoms with Crippen molar-refractivity contribution in [2.45, 2.75) is 12.3 Å². The van der Waals surface area contributed by atoms with Crippen LogP contribution in [0.3, 0.4) is 0 Å². The van der Waals surface area contributed by atoms with E-state index in [2.05, 4.69) is 5.43 Å². The van der Waals surface area contributed by atoms with Gasteiger partial charge in [0.05, 0.1) is 21.5 Å². The molecule has 1 fully saturated rings. The number of aryl methyl sites for hydroxylation is 1. The number of hydrogen-bond donors (Lipinski definition) is 2. The van der Waals surface area contributed by atoms with Crippen LogP contribution in [0, 0.1) is 12.7 Å². The second-order valence-corrected chi connectivity index (χ2v) is 12.4. The van der Waals surface area contributed by atoms with E-state index in [1.807, 2.05) is 37.3 Å². The fraction of sp³-hybridized carbons (Fsp3) is 0.0526. The summed E-state index contributed by atoms with van der Waals surface area (Å²) in [7, 11) is 0. The minimum atomic E-state index is -0.663. The summed E-state index contributed by atoms with van der Waals surface area (Å²) < 4.78 is 15.3. The smallest absolute Gasteiger partial charge is 0.280 e. The molecule has 2 heterocycles. The molecule has 0 spiro atoms. The number of halogens is 1. The van der Waals surface area contributed by atoms with Gasteiger partial charge in [-0.3, -0.25) is 24.4 Å². The average Bonchev–Trinajstić information content (AvgIpc) is 3.40. The topological polar surface area (TPSA) is 105 Å². The molecule has 6 aromatic rings. The summed E-state index contributed by atoms with van der Waals surface area (Å²) in [5.41, 5.74) is 6.98. The number of carbonyl (C=O) groups excluding carboxylic acids is 2. The zero-order chi connectivity index (χ0) is 33.4. The van der Waals surface area contributed by atoms with E-state index in [1.54, 1.807) is 72.8 Å². The number of fused-ring (bicyclic) bond motifs is 1. The Balaban J connectivity index is 1.21. The molecular formula is C38H27FN4O4S. The summed E-state index contributed by atoms with van der Waals surface area (Å²) in [6.07, 6.45) is 1.67. The van der Waals surface area contributed by atoms with Crippen molar-refractivity contribution in [1.82, 2.24) is 20.0 Å². The Morgan fingerprint density at radius 1 is 0.875 bits per heavy atom. The third-order valence-corrected chi connectivity index (χ3v) is 9.20. The number of nitrogens with zero attached hydrogens (tertiary/aromatic N) is 3. The van der Waals surface area contributed by atoms with Crippen LogP contribution in [0.5, 0.6) is 5.75 Å². The molecule has 1 saturated heterocycles.